The van der Waals surface area contributed by atoms with E-state index in [1.165, 1.54) is 0 Å². The number of benzene rings is 2. The van der Waals surface area contributed by atoms with Gasteiger partial charge in [-0.1, -0.05) is 55.5 Å². The summed E-state index contributed by atoms with van der Waals surface area (Å²) in [7, 11) is 0. The Morgan fingerprint density at radius 3 is 2.14 bits per heavy atom. The quantitative estimate of drug-likeness (QED) is 0.507. The fraction of sp³-hybridized carbons (Fsp3) is 0.400. The van der Waals surface area contributed by atoms with E-state index in [1.807, 2.05) is 48.5 Å². The molecule has 0 saturated carbocycles. The van der Waals surface area contributed by atoms with Crippen molar-refractivity contribution in [3.63, 3.8) is 0 Å². The molecule has 0 bridgehead atoms. The minimum Gasteiger partial charge on any atom is -0.481 e. The Morgan fingerprint density at radius 1 is 1.06 bits per heavy atom. The number of carbonyl (C=O) groups is 3. The number of nitrogens with one attached hydrogen (secondary N) is 1. The van der Waals surface area contributed by atoms with Crippen LogP contribution >= 0.6 is 0 Å². The lowest BCUT2D eigenvalue weighted by Crippen LogP contribution is -2.51. The van der Waals surface area contributed by atoms with E-state index in [-0.39, 0.29) is 31.9 Å². The Kier molecular flexibility index (Phi) is 8.37. The van der Waals surface area contributed by atoms with Crippen molar-refractivity contribution in [1.82, 2.24) is 10.2 Å². The van der Waals surface area contributed by atoms with Crippen LogP contribution in [0.1, 0.15) is 43.2 Å². The highest BCUT2D eigenvalue weighted by molar-refractivity contribution is 5.86. The molecular formula is C25H27F3N2O5. The van der Waals surface area contributed by atoms with E-state index in [0.717, 1.165) is 22.3 Å². The molecule has 0 aliphatic heterocycles. The smallest absolute Gasteiger partial charge is 0.407 e. The number of hydrogen-bond acceptors (Lipinski definition) is 4. The summed E-state index contributed by atoms with van der Waals surface area (Å²) in [5.74, 6) is -2.49. The van der Waals surface area contributed by atoms with Crippen molar-refractivity contribution in [2.24, 2.45) is 0 Å². The number of nitrogens with zero attached hydrogens (tertiary/aromatic N) is 1. The molecule has 0 saturated heterocycles. The second-order valence-corrected chi connectivity index (χ2v) is 8.33. The van der Waals surface area contributed by atoms with Gasteiger partial charge in [0.15, 0.2) is 0 Å². The Morgan fingerprint density at radius 2 is 1.63 bits per heavy atom. The van der Waals surface area contributed by atoms with Crippen LogP contribution in [0.2, 0.25) is 0 Å². The van der Waals surface area contributed by atoms with E-state index >= 15 is 0 Å². The predicted octanol–water partition coefficient (Wildman–Crippen LogP) is 4.56. The molecule has 1 atom stereocenters. The third-order valence-corrected chi connectivity index (χ3v) is 5.76. The molecule has 2 amide bonds. The van der Waals surface area contributed by atoms with Crippen LogP contribution in [0.15, 0.2) is 48.5 Å². The Balaban J connectivity index is 1.71. The minimum atomic E-state index is -4.63. The number of rotatable bonds is 10. The number of carboxylic acid groups (broad SMARTS) is 1. The zero-order valence-electron chi connectivity index (χ0n) is 19.2. The standard InChI is InChI=1S/C25H27F3N2O5/c1-2-13-30(15-25(26,27)28)23(33)21(11-12-22(31)32)29-24(34)35-14-20-18-9-5-3-7-16(18)17-8-4-6-10-19(17)20/h3-10,20-21H,2,11-15H2,1H3,(H,29,34)(H,31,32). The summed E-state index contributed by atoms with van der Waals surface area (Å²) in [6.07, 6.45) is -6.24. The lowest BCUT2D eigenvalue weighted by atomic mass is 9.98. The van der Waals surface area contributed by atoms with Crippen molar-refractivity contribution in [2.75, 3.05) is 19.7 Å². The maximum atomic E-state index is 13.0. The maximum Gasteiger partial charge on any atom is 0.407 e. The summed E-state index contributed by atoms with van der Waals surface area (Å²) in [5, 5.41) is 11.3. The molecule has 188 valence electrons. The molecule has 10 heteroatoms. The molecule has 1 unspecified atom stereocenters. The number of amides is 2. The summed E-state index contributed by atoms with van der Waals surface area (Å²) >= 11 is 0. The zero-order chi connectivity index (χ0) is 25.6. The van der Waals surface area contributed by atoms with Crippen molar-refractivity contribution < 1.29 is 37.4 Å². The number of aliphatic carboxylic acids is 1. The number of fused-ring (bicyclic) bond motifs is 3. The van der Waals surface area contributed by atoms with Gasteiger partial charge in [0.1, 0.15) is 19.2 Å². The topological polar surface area (TPSA) is 95.9 Å². The number of alkyl halides is 3. The van der Waals surface area contributed by atoms with Crippen molar-refractivity contribution in [1.29, 1.82) is 0 Å². The number of carboxylic acids is 1. The summed E-state index contributed by atoms with van der Waals surface area (Å²) in [5.41, 5.74) is 3.99. The number of ether oxygens (including phenoxy) is 1. The van der Waals surface area contributed by atoms with E-state index in [1.54, 1.807) is 6.92 Å². The van der Waals surface area contributed by atoms with Gasteiger partial charge in [0.25, 0.3) is 0 Å². The molecule has 2 N–H and O–H groups in total. The Bertz CT molecular complexity index is 1030. The van der Waals surface area contributed by atoms with Gasteiger partial charge in [-0.3, -0.25) is 9.59 Å². The van der Waals surface area contributed by atoms with Gasteiger partial charge in [-0.05, 0) is 35.1 Å². The third-order valence-electron chi connectivity index (χ3n) is 5.76. The second kappa shape index (κ2) is 11.2. The highest BCUT2D eigenvalue weighted by atomic mass is 19.4. The second-order valence-electron chi connectivity index (χ2n) is 8.33. The molecule has 0 aromatic heterocycles. The van der Waals surface area contributed by atoms with Crippen molar-refractivity contribution in [2.45, 2.75) is 44.3 Å². The normalized spacial score (nSPS) is 13.5. The number of alkyl carbamates (subject to hydrolysis) is 1. The number of halogens is 3. The fourth-order valence-corrected chi connectivity index (χ4v) is 4.28. The molecule has 0 radical (unpaired) electrons. The average molecular weight is 492 g/mol. The highest BCUT2D eigenvalue weighted by Crippen LogP contribution is 2.44. The molecule has 2 aromatic carbocycles. The van der Waals surface area contributed by atoms with Crippen LogP contribution in [0, 0.1) is 0 Å². The third kappa shape index (κ3) is 6.74. The first-order valence-corrected chi connectivity index (χ1v) is 11.3. The van der Waals surface area contributed by atoms with Gasteiger partial charge in [-0.25, -0.2) is 4.79 Å². The van der Waals surface area contributed by atoms with Crippen LogP contribution in [0.5, 0.6) is 0 Å². The molecule has 3 rings (SSSR count). The molecule has 35 heavy (non-hydrogen) atoms. The van der Waals surface area contributed by atoms with Crippen molar-refractivity contribution in [3.8, 4) is 11.1 Å². The average Bonchev–Trinajstić information content (AvgIpc) is 3.12. The Labute approximate surface area is 200 Å². The molecular weight excluding hydrogens is 465 g/mol. The lowest BCUT2D eigenvalue weighted by molar-refractivity contribution is -0.162. The molecule has 0 fully saturated rings. The van der Waals surface area contributed by atoms with E-state index in [4.69, 9.17) is 9.84 Å². The first-order chi connectivity index (χ1) is 16.6. The van der Waals surface area contributed by atoms with Gasteiger partial charge in [0.05, 0.1) is 0 Å². The van der Waals surface area contributed by atoms with Crippen molar-refractivity contribution >= 4 is 18.0 Å². The number of carbonyl (C=O) groups excluding carboxylic acids is 2. The first-order valence-electron chi connectivity index (χ1n) is 11.3. The maximum absolute atomic E-state index is 13.0. The molecule has 0 heterocycles. The fourth-order valence-electron chi connectivity index (χ4n) is 4.28. The van der Waals surface area contributed by atoms with Gasteiger partial charge in [-0.2, -0.15) is 13.2 Å². The summed E-state index contributed by atoms with van der Waals surface area (Å²) in [6, 6.07) is 13.9. The van der Waals surface area contributed by atoms with Crippen molar-refractivity contribution in [3.05, 3.63) is 59.7 Å². The largest absolute Gasteiger partial charge is 0.481 e. The first kappa shape index (κ1) is 26.1. The summed E-state index contributed by atoms with van der Waals surface area (Å²) in [6.45, 7) is -0.118. The van der Waals surface area contributed by atoms with Gasteiger partial charge < -0.3 is 20.1 Å². The van der Waals surface area contributed by atoms with Crippen LogP contribution in [0.25, 0.3) is 11.1 Å². The van der Waals surface area contributed by atoms with Crippen LogP contribution in [0.4, 0.5) is 18.0 Å². The van der Waals surface area contributed by atoms with E-state index in [0.29, 0.717) is 4.90 Å². The van der Waals surface area contributed by atoms with Gasteiger partial charge in [0, 0.05) is 18.9 Å². The van der Waals surface area contributed by atoms with E-state index in [9.17, 15) is 27.6 Å². The van der Waals surface area contributed by atoms with Gasteiger partial charge >= 0.3 is 18.2 Å². The van der Waals surface area contributed by atoms with Crippen LogP contribution in [-0.2, 0) is 14.3 Å². The van der Waals surface area contributed by atoms with Gasteiger partial charge in [-0.15, -0.1) is 0 Å². The monoisotopic (exact) mass is 492 g/mol. The SMILES string of the molecule is CCCN(CC(F)(F)F)C(=O)C(CCC(=O)O)NC(=O)OCC1c2ccccc2-c2ccccc21. The molecule has 7 nitrogen and oxygen atoms in total. The van der Waals surface area contributed by atoms with Crippen LogP contribution in [0.3, 0.4) is 0 Å². The lowest BCUT2D eigenvalue weighted by Gasteiger charge is -2.28. The molecule has 1 aliphatic rings. The zero-order valence-corrected chi connectivity index (χ0v) is 19.2. The summed E-state index contributed by atoms with van der Waals surface area (Å²) < 4.78 is 44.3. The number of hydrogen-bond donors (Lipinski definition) is 2. The van der Waals surface area contributed by atoms with Gasteiger partial charge in [0.2, 0.25) is 5.91 Å². The van der Waals surface area contributed by atoms with E-state index in [2.05, 4.69) is 5.32 Å². The summed E-state index contributed by atoms with van der Waals surface area (Å²) in [4.78, 5) is 37.0. The highest BCUT2D eigenvalue weighted by Gasteiger charge is 2.36. The Hall–Kier alpha value is -3.56. The van der Waals surface area contributed by atoms with E-state index < -0.39 is 43.2 Å². The van der Waals surface area contributed by atoms with Crippen LogP contribution < -0.4 is 5.32 Å². The van der Waals surface area contributed by atoms with Crippen LogP contribution in [-0.4, -0.2) is 59.9 Å². The minimum absolute atomic E-state index is 0.0546. The predicted molar refractivity (Wildman–Crippen MR) is 122 cm³/mol. The molecule has 1 aliphatic carbocycles. The molecule has 2 aromatic rings. The molecule has 0 spiro atoms.